The van der Waals surface area contributed by atoms with Crippen LogP contribution in [0.3, 0.4) is 0 Å². The molecule has 70 valence electrons. The number of rotatable bonds is 4. The van der Waals surface area contributed by atoms with Gasteiger partial charge in [0.05, 0.1) is 18.8 Å². The first kappa shape index (κ1) is 9.88. The normalized spacial score (nSPS) is 11.8. The molecule has 1 atom stereocenters. The Morgan fingerprint density at radius 1 is 1.62 bits per heavy atom. The lowest BCUT2D eigenvalue weighted by Crippen LogP contribution is -2.20. The lowest BCUT2D eigenvalue weighted by Gasteiger charge is -2.11. The Hall–Kier alpha value is -1.20. The van der Waals surface area contributed by atoms with Crippen molar-refractivity contribution in [3.63, 3.8) is 0 Å². The van der Waals surface area contributed by atoms with Crippen LogP contribution in [0.25, 0.3) is 0 Å². The van der Waals surface area contributed by atoms with Crippen LogP contribution in [0.1, 0.15) is 32.1 Å². The molecule has 0 aromatic carbocycles. The van der Waals surface area contributed by atoms with Gasteiger partial charge in [0.1, 0.15) is 5.76 Å². The molecule has 0 radical (unpaired) electrons. The Labute approximate surface area is 79.3 Å². The molecule has 1 N–H and O–H groups in total. The first-order chi connectivity index (χ1) is 6.38. The monoisotopic (exact) mass is 177 g/mol. The maximum Gasteiger partial charge on any atom is 0.120 e. The first-order valence-electron chi connectivity index (χ1n) is 4.54. The molecule has 0 spiro atoms. The molecule has 1 rings (SSSR count). The summed E-state index contributed by atoms with van der Waals surface area (Å²) < 4.78 is 5.31. The van der Waals surface area contributed by atoms with Crippen molar-refractivity contribution in [1.82, 2.24) is 5.32 Å². The van der Waals surface area contributed by atoms with Gasteiger partial charge in [0.25, 0.3) is 0 Å². The third kappa shape index (κ3) is 2.96. The van der Waals surface area contributed by atoms with E-state index in [9.17, 15) is 0 Å². The minimum absolute atomic E-state index is 0.288. The second-order valence-electron chi connectivity index (χ2n) is 2.78. The number of furan rings is 1. The van der Waals surface area contributed by atoms with E-state index in [-0.39, 0.29) is 6.04 Å². The average Bonchev–Trinajstić information content (AvgIpc) is 2.65. The van der Waals surface area contributed by atoms with Gasteiger partial charge in [0, 0.05) is 0 Å². The molecule has 1 heterocycles. The Morgan fingerprint density at radius 2 is 2.46 bits per heavy atom. The first-order valence-corrected chi connectivity index (χ1v) is 4.54. The van der Waals surface area contributed by atoms with Crippen LogP contribution in [0.5, 0.6) is 0 Å². The van der Waals surface area contributed by atoms with E-state index in [4.69, 9.17) is 4.42 Å². The van der Waals surface area contributed by atoms with E-state index >= 15 is 0 Å². The molecule has 0 saturated carbocycles. The highest BCUT2D eigenvalue weighted by Crippen LogP contribution is 2.15. The summed E-state index contributed by atoms with van der Waals surface area (Å²) in [6, 6.07) is 4.18. The van der Waals surface area contributed by atoms with E-state index in [1.165, 1.54) is 0 Å². The smallest absolute Gasteiger partial charge is 0.120 e. The van der Waals surface area contributed by atoms with E-state index in [2.05, 4.69) is 24.1 Å². The fourth-order valence-electron chi connectivity index (χ4n) is 1.20. The average molecular weight is 177 g/mol. The van der Waals surface area contributed by atoms with Crippen molar-refractivity contribution < 1.29 is 4.42 Å². The lowest BCUT2D eigenvalue weighted by atomic mass is 10.2. The van der Waals surface area contributed by atoms with E-state index in [1.807, 2.05) is 19.1 Å². The van der Waals surface area contributed by atoms with Crippen molar-refractivity contribution in [3.8, 4) is 11.8 Å². The van der Waals surface area contributed by atoms with E-state index in [0.29, 0.717) is 0 Å². The second kappa shape index (κ2) is 5.45. The van der Waals surface area contributed by atoms with Gasteiger partial charge in [-0.1, -0.05) is 12.8 Å². The van der Waals surface area contributed by atoms with Crippen LogP contribution in [0.2, 0.25) is 0 Å². The van der Waals surface area contributed by atoms with E-state index < -0.39 is 0 Å². The lowest BCUT2D eigenvalue weighted by molar-refractivity contribution is 0.417. The van der Waals surface area contributed by atoms with Crippen LogP contribution >= 0.6 is 0 Å². The summed E-state index contributed by atoms with van der Waals surface area (Å²) in [6.07, 6.45) is 2.71. The maximum atomic E-state index is 5.31. The summed E-state index contributed by atoms with van der Waals surface area (Å²) in [6.45, 7) is 4.69. The summed E-state index contributed by atoms with van der Waals surface area (Å²) in [5.74, 6) is 6.81. The van der Waals surface area contributed by atoms with Crippen molar-refractivity contribution in [3.05, 3.63) is 24.2 Å². The van der Waals surface area contributed by atoms with Gasteiger partial charge in [0.15, 0.2) is 0 Å². The summed E-state index contributed by atoms with van der Waals surface area (Å²) in [7, 11) is 0. The Balaban J connectivity index is 2.47. The highest BCUT2D eigenvalue weighted by molar-refractivity contribution is 5.06. The van der Waals surface area contributed by atoms with Crippen molar-refractivity contribution in [2.24, 2.45) is 0 Å². The zero-order valence-corrected chi connectivity index (χ0v) is 8.13. The molecular weight excluding hydrogens is 162 g/mol. The van der Waals surface area contributed by atoms with E-state index in [0.717, 1.165) is 18.7 Å². The van der Waals surface area contributed by atoms with Crippen molar-refractivity contribution in [2.45, 2.75) is 26.3 Å². The van der Waals surface area contributed by atoms with Gasteiger partial charge in [-0.15, -0.1) is 5.92 Å². The van der Waals surface area contributed by atoms with Crippen LogP contribution in [0.15, 0.2) is 22.8 Å². The summed E-state index contributed by atoms with van der Waals surface area (Å²) in [5, 5.41) is 3.31. The Bertz CT molecular complexity index is 279. The predicted octanol–water partition coefficient (Wildman–Crippen LogP) is 2.34. The molecule has 0 amide bonds. The molecule has 1 unspecified atom stereocenters. The summed E-state index contributed by atoms with van der Waals surface area (Å²) in [4.78, 5) is 0. The summed E-state index contributed by atoms with van der Waals surface area (Å²) >= 11 is 0. The molecule has 0 bridgehead atoms. The van der Waals surface area contributed by atoms with Crippen LogP contribution < -0.4 is 5.32 Å². The predicted molar refractivity (Wildman–Crippen MR) is 53.2 cm³/mol. The maximum absolute atomic E-state index is 5.31. The molecular formula is C11H15NO. The zero-order chi connectivity index (χ0) is 9.52. The van der Waals surface area contributed by atoms with Gasteiger partial charge in [-0.25, -0.2) is 0 Å². The van der Waals surface area contributed by atoms with Crippen molar-refractivity contribution in [1.29, 1.82) is 0 Å². The van der Waals surface area contributed by atoms with Gasteiger partial charge in [-0.2, -0.15) is 0 Å². The highest BCUT2D eigenvalue weighted by atomic mass is 16.3. The van der Waals surface area contributed by atoms with Gasteiger partial charge in [0.2, 0.25) is 0 Å². The Morgan fingerprint density at radius 3 is 3.00 bits per heavy atom. The molecule has 0 aliphatic rings. The SMILES string of the molecule is CC#CCNC(CC)c1ccco1. The molecule has 0 aliphatic heterocycles. The van der Waals surface area contributed by atoms with E-state index in [1.54, 1.807) is 6.26 Å². The van der Waals surface area contributed by atoms with Crippen LogP contribution in [-0.4, -0.2) is 6.54 Å². The fraction of sp³-hybridized carbons (Fsp3) is 0.455. The molecule has 0 aliphatic carbocycles. The molecule has 0 fully saturated rings. The van der Waals surface area contributed by atoms with Crippen LogP contribution in [0.4, 0.5) is 0 Å². The number of hydrogen-bond donors (Lipinski definition) is 1. The van der Waals surface area contributed by atoms with Crippen LogP contribution in [-0.2, 0) is 0 Å². The van der Waals surface area contributed by atoms with Crippen LogP contribution in [0, 0.1) is 11.8 Å². The molecule has 1 aromatic rings. The number of nitrogens with one attached hydrogen (secondary N) is 1. The topological polar surface area (TPSA) is 25.2 Å². The van der Waals surface area contributed by atoms with Gasteiger partial charge < -0.3 is 4.42 Å². The van der Waals surface area contributed by atoms with Crippen molar-refractivity contribution in [2.75, 3.05) is 6.54 Å². The fourth-order valence-corrected chi connectivity index (χ4v) is 1.20. The van der Waals surface area contributed by atoms with Crippen molar-refractivity contribution >= 4 is 0 Å². The second-order valence-corrected chi connectivity index (χ2v) is 2.78. The third-order valence-corrected chi connectivity index (χ3v) is 1.91. The molecule has 1 aromatic heterocycles. The largest absolute Gasteiger partial charge is 0.468 e. The van der Waals surface area contributed by atoms with Gasteiger partial charge >= 0.3 is 0 Å². The number of hydrogen-bond acceptors (Lipinski definition) is 2. The molecule has 0 saturated heterocycles. The summed E-state index contributed by atoms with van der Waals surface area (Å²) in [5.41, 5.74) is 0. The Kier molecular flexibility index (Phi) is 4.14. The quantitative estimate of drug-likeness (QED) is 0.714. The molecule has 2 heteroatoms. The third-order valence-electron chi connectivity index (χ3n) is 1.91. The van der Waals surface area contributed by atoms with Gasteiger partial charge in [-0.05, 0) is 25.5 Å². The highest BCUT2D eigenvalue weighted by Gasteiger charge is 2.09. The molecule has 2 nitrogen and oxygen atoms in total. The minimum Gasteiger partial charge on any atom is -0.468 e. The van der Waals surface area contributed by atoms with Gasteiger partial charge in [-0.3, -0.25) is 5.32 Å². The minimum atomic E-state index is 0.288. The zero-order valence-electron chi connectivity index (χ0n) is 8.13. The molecule has 13 heavy (non-hydrogen) atoms. The standard InChI is InChI=1S/C11H15NO/c1-3-5-8-12-10(4-2)11-7-6-9-13-11/h6-7,9-10,12H,4,8H2,1-2H3.